The molecule has 0 spiro atoms. The summed E-state index contributed by atoms with van der Waals surface area (Å²) in [5, 5.41) is 1.35. The summed E-state index contributed by atoms with van der Waals surface area (Å²) in [4.78, 5) is 6.12. The van der Waals surface area contributed by atoms with E-state index in [2.05, 4.69) is 83.1 Å². The molecule has 2 heterocycles. The van der Waals surface area contributed by atoms with Crippen LogP contribution in [0.5, 0.6) is 0 Å². The highest BCUT2D eigenvalue weighted by Gasteiger charge is 2.30. The quantitative estimate of drug-likeness (QED) is 0.642. The van der Waals surface area contributed by atoms with Gasteiger partial charge in [0.05, 0.1) is 0 Å². The Labute approximate surface area is 154 Å². The van der Waals surface area contributed by atoms with E-state index in [1.165, 1.54) is 35.9 Å². The normalized spacial score (nSPS) is 25.8. The van der Waals surface area contributed by atoms with Crippen LogP contribution in [0, 0.1) is 11.8 Å². The molecule has 1 aromatic carbocycles. The Hall–Kier alpha value is -1.06. The van der Waals surface area contributed by atoms with E-state index in [9.17, 15) is 0 Å². The molecule has 1 N–H and O–H groups in total. The number of hydrogen-bond acceptors (Lipinski definition) is 1. The number of rotatable bonds is 5. The number of nitrogens with one attached hydrogen (secondary N) is 1. The second-order valence-corrected chi connectivity index (χ2v) is 8.09. The van der Waals surface area contributed by atoms with Crippen molar-refractivity contribution in [1.82, 2.24) is 9.88 Å². The van der Waals surface area contributed by atoms with Crippen LogP contribution >= 0.6 is 15.9 Å². The lowest BCUT2D eigenvalue weighted by molar-refractivity contribution is 0.0796. The van der Waals surface area contributed by atoms with E-state index in [0.717, 1.165) is 23.4 Å². The van der Waals surface area contributed by atoms with Crippen LogP contribution in [-0.4, -0.2) is 29.0 Å². The minimum absolute atomic E-state index is 0.688. The SMILES string of the molecule is C/C=C\C1CC(CC)C(C)N(CCc2c[nH]c3ccc(Br)cc23)C1. The summed E-state index contributed by atoms with van der Waals surface area (Å²) >= 11 is 3.60. The van der Waals surface area contributed by atoms with Crippen molar-refractivity contribution < 1.29 is 0 Å². The fourth-order valence-electron chi connectivity index (χ4n) is 4.26. The third kappa shape index (κ3) is 3.78. The molecular formula is C21H29BrN2. The Morgan fingerprint density at radius 1 is 1.38 bits per heavy atom. The average molecular weight is 389 g/mol. The summed E-state index contributed by atoms with van der Waals surface area (Å²) in [7, 11) is 0. The number of aromatic amines is 1. The zero-order valence-corrected chi connectivity index (χ0v) is 16.6. The molecule has 0 amide bonds. The zero-order valence-electron chi connectivity index (χ0n) is 15.1. The molecule has 0 aliphatic carbocycles. The predicted molar refractivity (Wildman–Crippen MR) is 107 cm³/mol. The van der Waals surface area contributed by atoms with Crippen LogP contribution in [0.15, 0.2) is 41.0 Å². The summed E-state index contributed by atoms with van der Waals surface area (Å²) in [6, 6.07) is 7.18. The number of allylic oxidation sites excluding steroid dienone is 1. The maximum absolute atomic E-state index is 3.60. The molecule has 0 bridgehead atoms. The molecule has 1 saturated heterocycles. The molecule has 1 aromatic heterocycles. The molecule has 3 atom stereocenters. The molecule has 130 valence electrons. The third-order valence-corrected chi connectivity index (χ3v) is 6.21. The van der Waals surface area contributed by atoms with E-state index < -0.39 is 0 Å². The lowest BCUT2D eigenvalue weighted by Gasteiger charge is -2.42. The molecule has 3 unspecified atom stereocenters. The zero-order chi connectivity index (χ0) is 17.1. The third-order valence-electron chi connectivity index (χ3n) is 5.72. The largest absolute Gasteiger partial charge is 0.361 e. The highest BCUT2D eigenvalue weighted by atomic mass is 79.9. The molecule has 3 rings (SSSR count). The molecule has 2 aromatic rings. The molecule has 2 nitrogen and oxygen atoms in total. The fraction of sp³-hybridized carbons (Fsp3) is 0.524. The van der Waals surface area contributed by atoms with Crippen molar-refractivity contribution in [3.05, 3.63) is 46.6 Å². The van der Waals surface area contributed by atoms with Crippen molar-refractivity contribution in [2.75, 3.05) is 13.1 Å². The standard InChI is InChI=1S/C21H29BrN2/c1-4-6-16-11-17(5-2)15(3)24(14-16)10-9-18-13-23-21-8-7-19(22)12-20(18)21/h4,6-8,12-13,15-17,23H,5,9-11,14H2,1-3H3/b6-4-. The van der Waals surface area contributed by atoms with Gasteiger partial charge in [0.2, 0.25) is 0 Å². The lowest BCUT2D eigenvalue weighted by Crippen LogP contribution is -2.47. The minimum Gasteiger partial charge on any atom is -0.361 e. The van der Waals surface area contributed by atoms with Crippen LogP contribution in [0.25, 0.3) is 10.9 Å². The smallest absolute Gasteiger partial charge is 0.0457 e. The van der Waals surface area contributed by atoms with E-state index in [0.29, 0.717) is 12.0 Å². The van der Waals surface area contributed by atoms with Gasteiger partial charge in [-0.25, -0.2) is 0 Å². The summed E-state index contributed by atoms with van der Waals surface area (Å²) in [5.41, 5.74) is 2.66. The van der Waals surface area contributed by atoms with Crippen molar-refractivity contribution in [2.45, 2.75) is 46.1 Å². The summed E-state index contributed by atoms with van der Waals surface area (Å²) in [6.07, 6.45) is 10.6. The van der Waals surface area contributed by atoms with Gasteiger partial charge in [-0.05, 0) is 62.3 Å². The summed E-state index contributed by atoms with van der Waals surface area (Å²) in [5.74, 6) is 1.53. The number of H-pyrrole nitrogens is 1. The Balaban J connectivity index is 1.72. The summed E-state index contributed by atoms with van der Waals surface area (Å²) < 4.78 is 1.15. The van der Waals surface area contributed by atoms with Gasteiger partial charge >= 0.3 is 0 Å². The molecule has 1 fully saturated rings. The number of piperidine rings is 1. The highest BCUT2D eigenvalue weighted by molar-refractivity contribution is 9.10. The number of benzene rings is 1. The van der Waals surface area contributed by atoms with E-state index in [1.807, 2.05) is 0 Å². The van der Waals surface area contributed by atoms with Crippen LogP contribution < -0.4 is 0 Å². The van der Waals surface area contributed by atoms with Crippen molar-refractivity contribution in [3.63, 3.8) is 0 Å². The van der Waals surface area contributed by atoms with E-state index >= 15 is 0 Å². The number of aromatic nitrogens is 1. The number of nitrogens with zero attached hydrogens (tertiary/aromatic N) is 1. The Bertz CT molecular complexity index is 703. The van der Waals surface area contributed by atoms with Crippen LogP contribution in [0.3, 0.4) is 0 Å². The highest BCUT2D eigenvalue weighted by Crippen LogP contribution is 2.31. The minimum atomic E-state index is 0.688. The fourth-order valence-corrected chi connectivity index (χ4v) is 4.62. The van der Waals surface area contributed by atoms with Gasteiger partial charge in [0.25, 0.3) is 0 Å². The molecule has 1 aliphatic rings. The molecule has 0 saturated carbocycles. The van der Waals surface area contributed by atoms with Gasteiger partial charge in [-0.15, -0.1) is 0 Å². The van der Waals surface area contributed by atoms with Gasteiger partial charge in [0.15, 0.2) is 0 Å². The maximum atomic E-state index is 3.60. The van der Waals surface area contributed by atoms with E-state index in [4.69, 9.17) is 0 Å². The summed E-state index contributed by atoms with van der Waals surface area (Å²) in [6.45, 7) is 9.26. The van der Waals surface area contributed by atoms with Crippen LogP contribution in [0.2, 0.25) is 0 Å². The van der Waals surface area contributed by atoms with Gasteiger partial charge in [-0.3, -0.25) is 4.90 Å². The second-order valence-electron chi connectivity index (χ2n) is 7.18. The van der Waals surface area contributed by atoms with Gasteiger partial charge < -0.3 is 4.98 Å². The topological polar surface area (TPSA) is 19.0 Å². The molecule has 1 aliphatic heterocycles. The van der Waals surface area contributed by atoms with Crippen molar-refractivity contribution in [2.24, 2.45) is 11.8 Å². The van der Waals surface area contributed by atoms with Gasteiger partial charge in [0, 0.05) is 40.7 Å². The van der Waals surface area contributed by atoms with E-state index in [-0.39, 0.29) is 0 Å². The van der Waals surface area contributed by atoms with Crippen LogP contribution in [-0.2, 0) is 6.42 Å². The molecule has 0 radical (unpaired) electrons. The van der Waals surface area contributed by atoms with Gasteiger partial charge in [-0.2, -0.15) is 0 Å². The number of fused-ring (bicyclic) bond motifs is 1. The maximum Gasteiger partial charge on any atom is 0.0457 e. The van der Waals surface area contributed by atoms with Crippen LogP contribution in [0.1, 0.15) is 39.2 Å². The molecule has 3 heteroatoms. The predicted octanol–water partition coefficient (Wildman–Crippen LogP) is 5.79. The first-order chi connectivity index (χ1) is 11.6. The second kappa shape index (κ2) is 7.88. The Kier molecular flexibility index (Phi) is 5.83. The molecular weight excluding hydrogens is 360 g/mol. The number of hydrogen-bond donors (Lipinski definition) is 1. The first-order valence-electron chi connectivity index (χ1n) is 9.24. The first kappa shape index (κ1) is 17.8. The van der Waals surface area contributed by atoms with Crippen molar-refractivity contribution >= 4 is 26.8 Å². The van der Waals surface area contributed by atoms with Crippen molar-refractivity contribution in [3.8, 4) is 0 Å². The van der Waals surface area contributed by atoms with Crippen molar-refractivity contribution in [1.29, 1.82) is 0 Å². The molecule has 24 heavy (non-hydrogen) atoms. The average Bonchev–Trinajstić information content (AvgIpc) is 2.97. The lowest BCUT2D eigenvalue weighted by atomic mass is 9.82. The Morgan fingerprint density at radius 2 is 2.21 bits per heavy atom. The van der Waals surface area contributed by atoms with Crippen LogP contribution in [0.4, 0.5) is 0 Å². The van der Waals surface area contributed by atoms with Gasteiger partial charge in [-0.1, -0.05) is 41.4 Å². The first-order valence-corrected chi connectivity index (χ1v) is 10.0. The van der Waals surface area contributed by atoms with Gasteiger partial charge in [0.1, 0.15) is 0 Å². The number of halogens is 1. The Morgan fingerprint density at radius 3 is 2.96 bits per heavy atom. The number of likely N-dealkylation sites (tertiary alicyclic amines) is 1. The van der Waals surface area contributed by atoms with E-state index in [1.54, 1.807) is 0 Å². The monoisotopic (exact) mass is 388 g/mol.